The van der Waals surface area contributed by atoms with Gasteiger partial charge in [0.05, 0.1) is 0 Å². The third-order valence-corrected chi connectivity index (χ3v) is 1.78. The summed E-state index contributed by atoms with van der Waals surface area (Å²) in [6.07, 6.45) is 2.20. The maximum Gasteiger partial charge on any atom is 0.0154 e. The van der Waals surface area contributed by atoms with Gasteiger partial charge >= 0.3 is 0 Å². The Bertz CT molecular complexity index is 101. The van der Waals surface area contributed by atoms with Crippen molar-refractivity contribution in [3.05, 3.63) is 12.3 Å². The number of hydrogen-bond donors (Lipinski definition) is 2. The summed E-state index contributed by atoms with van der Waals surface area (Å²) in [4.78, 5) is 0. The summed E-state index contributed by atoms with van der Waals surface area (Å²) in [6, 6.07) is 0. The molecule has 0 saturated carbocycles. The van der Waals surface area contributed by atoms with E-state index in [2.05, 4.69) is 24.5 Å². The van der Waals surface area contributed by atoms with Crippen molar-refractivity contribution in [1.82, 2.24) is 5.32 Å². The highest BCUT2D eigenvalue weighted by molar-refractivity contribution is 7.80. The molecule has 1 fully saturated rings. The van der Waals surface area contributed by atoms with Crippen LogP contribution < -0.4 is 5.32 Å². The van der Waals surface area contributed by atoms with Gasteiger partial charge in [-0.05, 0) is 12.8 Å². The average molecular weight is 129 g/mol. The molecule has 1 unspecified atom stereocenters. The van der Waals surface area contributed by atoms with Crippen molar-refractivity contribution in [2.75, 3.05) is 6.54 Å². The van der Waals surface area contributed by atoms with Gasteiger partial charge in [0.2, 0.25) is 0 Å². The van der Waals surface area contributed by atoms with E-state index >= 15 is 0 Å². The molecule has 0 bridgehead atoms. The molecule has 1 aliphatic rings. The largest absolute Gasteiger partial charge is 0.389 e. The summed E-state index contributed by atoms with van der Waals surface area (Å²) in [5.41, 5.74) is 1.14. The van der Waals surface area contributed by atoms with Gasteiger partial charge in [-0.3, -0.25) is 0 Å². The van der Waals surface area contributed by atoms with Crippen LogP contribution in [0.3, 0.4) is 0 Å². The lowest BCUT2D eigenvalue weighted by Gasteiger charge is -2.20. The highest BCUT2D eigenvalue weighted by atomic mass is 32.1. The molecule has 1 saturated heterocycles. The van der Waals surface area contributed by atoms with Crippen LogP contribution in [0.2, 0.25) is 0 Å². The molecule has 46 valence electrons. The van der Waals surface area contributed by atoms with E-state index in [9.17, 15) is 0 Å². The van der Waals surface area contributed by atoms with Crippen LogP contribution in [0.25, 0.3) is 0 Å². The lowest BCUT2D eigenvalue weighted by atomic mass is 10.1. The lowest BCUT2D eigenvalue weighted by molar-refractivity contribution is 0.605. The molecule has 1 aliphatic heterocycles. The molecule has 0 radical (unpaired) electrons. The zero-order valence-electron chi connectivity index (χ0n) is 4.85. The summed E-state index contributed by atoms with van der Waals surface area (Å²) in [5, 5.41) is 3.71. The van der Waals surface area contributed by atoms with Crippen molar-refractivity contribution in [2.45, 2.75) is 18.1 Å². The number of hydrogen-bond acceptors (Lipinski definition) is 2. The van der Waals surface area contributed by atoms with Crippen LogP contribution in [-0.4, -0.2) is 11.8 Å². The molecule has 0 aromatic carbocycles. The van der Waals surface area contributed by atoms with Crippen molar-refractivity contribution >= 4 is 12.6 Å². The molecule has 1 N–H and O–H groups in total. The topological polar surface area (TPSA) is 12.0 Å². The number of thiol groups is 1. The third-order valence-electron chi connectivity index (χ3n) is 1.33. The molecular weight excluding hydrogens is 118 g/mol. The predicted molar refractivity (Wildman–Crippen MR) is 39.2 cm³/mol. The summed E-state index contributed by atoms with van der Waals surface area (Å²) >= 11 is 4.32. The first-order valence-electron chi connectivity index (χ1n) is 2.89. The second-order valence-electron chi connectivity index (χ2n) is 2.18. The van der Waals surface area contributed by atoms with E-state index < -0.39 is 0 Å². The van der Waals surface area contributed by atoms with Gasteiger partial charge in [0.25, 0.3) is 0 Å². The maximum atomic E-state index is 4.32. The molecule has 0 spiro atoms. The zero-order chi connectivity index (χ0) is 5.98. The van der Waals surface area contributed by atoms with Crippen LogP contribution in [0.4, 0.5) is 0 Å². The smallest absolute Gasteiger partial charge is 0.0154 e. The third kappa shape index (κ3) is 1.44. The standard InChI is InChI=1S/C6H11NS/c1-5-4-6(8)2-3-7-5/h6-8H,1-4H2. The number of allylic oxidation sites excluding steroid dienone is 1. The van der Waals surface area contributed by atoms with Gasteiger partial charge in [0.15, 0.2) is 0 Å². The van der Waals surface area contributed by atoms with Crippen molar-refractivity contribution in [3.8, 4) is 0 Å². The SMILES string of the molecule is C=C1CC(S)CCN1. The van der Waals surface area contributed by atoms with Crippen LogP contribution in [0.15, 0.2) is 12.3 Å². The Balaban J connectivity index is 2.34. The molecule has 1 atom stereocenters. The van der Waals surface area contributed by atoms with Gasteiger partial charge in [-0.15, -0.1) is 0 Å². The molecule has 1 nitrogen and oxygen atoms in total. The highest BCUT2D eigenvalue weighted by Gasteiger charge is 2.09. The van der Waals surface area contributed by atoms with Gasteiger partial charge < -0.3 is 5.32 Å². The molecule has 0 aromatic rings. The van der Waals surface area contributed by atoms with Crippen LogP contribution in [-0.2, 0) is 0 Å². The fourth-order valence-electron chi connectivity index (χ4n) is 0.874. The summed E-state index contributed by atoms with van der Waals surface area (Å²) < 4.78 is 0. The van der Waals surface area contributed by atoms with Crippen molar-refractivity contribution in [3.63, 3.8) is 0 Å². The van der Waals surface area contributed by atoms with E-state index in [1.54, 1.807) is 0 Å². The quantitative estimate of drug-likeness (QED) is 0.468. The van der Waals surface area contributed by atoms with E-state index in [1.807, 2.05) is 0 Å². The Morgan fingerprint density at radius 2 is 2.50 bits per heavy atom. The maximum absolute atomic E-state index is 4.32. The van der Waals surface area contributed by atoms with E-state index in [0.29, 0.717) is 5.25 Å². The Morgan fingerprint density at radius 3 is 2.88 bits per heavy atom. The Kier molecular flexibility index (Phi) is 1.84. The molecule has 1 rings (SSSR count). The molecule has 1 heterocycles. The zero-order valence-corrected chi connectivity index (χ0v) is 5.75. The molecule has 0 aromatic heterocycles. The summed E-state index contributed by atoms with van der Waals surface area (Å²) in [6.45, 7) is 4.85. The van der Waals surface area contributed by atoms with Gasteiger partial charge in [0.1, 0.15) is 0 Å². The van der Waals surface area contributed by atoms with E-state index in [4.69, 9.17) is 0 Å². The predicted octanol–water partition coefficient (Wildman–Crippen LogP) is 1.18. The van der Waals surface area contributed by atoms with Gasteiger partial charge in [-0.2, -0.15) is 12.6 Å². The molecule has 0 aliphatic carbocycles. The summed E-state index contributed by atoms with van der Waals surface area (Å²) in [5.74, 6) is 0. The van der Waals surface area contributed by atoms with Gasteiger partial charge in [-0.25, -0.2) is 0 Å². The first kappa shape index (κ1) is 6.02. The first-order chi connectivity index (χ1) is 3.79. The van der Waals surface area contributed by atoms with Crippen molar-refractivity contribution < 1.29 is 0 Å². The first-order valence-corrected chi connectivity index (χ1v) is 3.40. The van der Waals surface area contributed by atoms with Crippen LogP contribution in [0.1, 0.15) is 12.8 Å². The Hall–Kier alpha value is -0.110. The average Bonchev–Trinajstić information content (AvgIpc) is 1.64. The normalized spacial score (nSPS) is 29.6. The number of nitrogens with one attached hydrogen (secondary N) is 1. The molecule has 2 heteroatoms. The summed E-state index contributed by atoms with van der Waals surface area (Å²) in [7, 11) is 0. The monoisotopic (exact) mass is 129 g/mol. The van der Waals surface area contributed by atoms with E-state index in [0.717, 1.165) is 18.7 Å². The highest BCUT2D eigenvalue weighted by Crippen LogP contribution is 2.14. The Morgan fingerprint density at radius 1 is 1.75 bits per heavy atom. The van der Waals surface area contributed by atoms with E-state index in [-0.39, 0.29) is 0 Å². The molecule has 8 heavy (non-hydrogen) atoms. The number of piperidine rings is 1. The van der Waals surface area contributed by atoms with Crippen LogP contribution in [0.5, 0.6) is 0 Å². The minimum Gasteiger partial charge on any atom is -0.389 e. The minimum absolute atomic E-state index is 0.545. The van der Waals surface area contributed by atoms with E-state index in [1.165, 1.54) is 6.42 Å². The lowest BCUT2D eigenvalue weighted by Crippen LogP contribution is -2.25. The van der Waals surface area contributed by atoms with Crippen LogP contribution in [0, 0.1) is 0 Å². The van der Waals surface area contributed by atoms with Gasteiger partial charge in [-0.1, -0.05) is 6.58 Å². The van der Waals surface area contributed by atoms with Gasteiger partial charge in [0, 0.05) is 17.5 Å². The second-order valence-corrected chi connectivity index (χ2v) is 2.91. The Labute approximate surface area is 55.6 Å². The number of rotatable bonds is 0. The fraction of sp³-hybridized carbons (Fsp3) is 0.667. The fourth-order valence-corrected chi connectivity index (χ4v) is 1.22. The minimum atomic E-state index is 0.545. The van der Waals surface area contributed by atoms with Crippen LogP contribution >= 0.6 is 12.6 Å². The second kappa shape index (κ2) is 2.44. The van der Waals surface area contributed by atoms with Crippen molar-refractivity contribution in [1.29, 1.82) is 0 Å². The van der Waals surface area contributed by atoms with Crippen molar-refractivity contribution in [2.24, 2.45) is 0 Å². The molecular formula is C6H11NS. The molecule has 0 amide bonds.